The minimum absolute atomic E-state index is 0.0205. The van der Waals surface area contributed by atoms with Gasteiger partial charge in [0.25, 0.3) is 0 Å². The zero-order valence-electron chi connectivity index (χ0n) is 10.5. The fraction of sp³-hybridized carbons (Fsp3) is 0.417. The first-order valence-electron chi connectivity index (χ1n) is 5.89. The lowest BCUT2D eigenvalue weighted by Crippen LogP contribution is -2.36. The second kappa shape index (κ2) is 5.55. The van der Waals surface area contributed by atoms with Gasteiger partial charge in [-0.3, -0.25) is 0 Å². The van der Waals surface area contributed by atoms with E-state index in [1.54, 1.807) is 6.07 Å². The lowest BCUT2D eigenvalue weighted by molar-refractivity contribution is 0.0690. The van der Waals surface area contributed by atoms with E-state index in [2.05, 4.69) is 15.0 Å². The molecular formula is C12H15N3O4. The van der Waals surface area contributed by atoms with E-state index in [1.165, 1.54) is 19.4 Å². The molecule has 102 valence electrons. The van der Waals surface area contributed by atoms with Gasteiger partial charge >= 0.3 is 12.1 Å². The number of methoxy groups -OCH3 is 1. The lowest BCUT2D eigenvalue weighted by atomic mass is 10.3. The van der Waals surface area contributed by atoms with Gasteiger partial charge in [-0.25, -0.2) is 14.6 Å². The molecule has 2 rings (SSSR count). The highest BCUT2D eigenvalue weighted by molar-refractivity contribution is 5.85. The van der Waals surface area contributed by atoms with Gasteiger partial charge in [-0.05, 0) is 18.6 Å². The number of pyridine rings is 1. The second-order valence-corrected chi connectivity index (χ2v) is 4.27. The summed E-state index contributed by atoms with van der Waals surface area (Å²) in [5.41, 5.74) is 0.867. The molecule has 0 spiro atoms. The topological polar surface area (TPSA) is 91.8 Å². The first-order chi connectivity index (χ1) is 9.10. The van der Waals surface area contributed by atoms with Crippen LogP contribution in [0.25, 0.3) is 0 Å². The molecule has 1 unspecified atom stereocenters. The van der Waals surface area contributed by atoms with Gasteiger partial charge in [-0.2, -0.15) is 0 Å². The second-order valence-electron chi connectivity index (χ2n) is 4.27. The van der Waals surface area contributed by atoms with Gasteiger partial charge in [0.15, 0.2) is 0 Å². The van der Waals surface area contributed by atoms with E-state index in [4.69, 9.17) is 5.11 Å². The van der Waals surface area contributed by atoms with E-state index in [9.17, 15) is 9.59 Å². The van der Waals surface area contributed by atoms with Crippen molar-refractivity contribution in [3.63, 3.8) is 0 Å². The molecule has 0 saturated carbocycles. The van der Waals surface area contributed by atoms with Crippen molar-refractivity contribution in [3.8, 4) is 0 Å². The molecule has 0 bridgehead atoms. The van der Waals surface area contributed by atoms with E-state index in [1.807, 2.05) is 4.90 Å². The van der Waals surface area contributed by atoms with Crippen LogP contribution in [0.5, 0.6) is 0 Å². The van der Waals surface area contributed by atoms with Crippen molar-refractivity contribution in [1.29, 1.82) is 0 Å². The molecule has 0 radical (unpaired) electrons. The highest BCUT2D eigenvalue weighted by atomic mass is 16.5. The Hall–Kier alpha value is -2.31. The Bertz CT molecular complexity index is 474. The maximum Gasteiger partial charge on any atom is 0.407 e. The first-order valence-corrected chi connectivity index (χ1v) is 5.89. The molecule has 1 aliphatic rings. The third-order valence-corrected chi connectivity index (χ3v) is 3.03. The normalized spacial score (nSPS) is 18.2. The smallest absolute Gasteiger partial charge is 0.407 e. The Kier molecular flexibility index (Phi) is 3.84. The van der Waals surface area contributed by atoms with Crippen molar-refractivity contribution < 1.29 is 19.4 Å². The van der Waals surface area contributed by atoms with E-state index >= 15 is 0 Å². The van der Waals surface area contributed by atoms with Crippen LogP contribution in [0.15, 0.2) is 18.3 Å². The molecule has 0 aromatic carbocycles. The summed E-state index contributed by atoms with van der Waals surface area (Å²) < 4.78 is 4.55. The number of rotatable bonds is 3. The number of nitrogens with one attached hydrogen (secondary N) is 1. The number of hydrogen-bond donors (Lipinski definition) is 2. The average Bonchev–Trinajstić information content (AvgIpc) is 2.87. The van der Waals surface area contributed by atoms with Crippen molar-refractivity contribution >= 4 is 17.7 Å². The Morgan fingerprint density at radius 2 is 2.32 bits per heavy atom. The van der Waals surface area contributed by atoms with Crippen LogP contribution < -0.4 is 10.2 Å². The molecule has 1 atom stereocenters. The number of alkyl carbamates (subject to hydrolysis) is 1. The first kappa shape index (κ1) is 13.1. The summed E-state index contributed by atoms with van der Waals surface area (Å²) in [5.74, 6) is -1.04. The summed E-state index contributed by atoms with van der Waals surface area (Å²) in [6.07, 6.45) is 1.91. The predicted octanol–water partition coefficient (Wildman–Crippen LogP) is 0.714. The molecule has 1 fully saturated rings. The van der Waals surface area contributed by atoms with Crippen LogP contribution in [0, 0.1) is 0 Å². The van der Waals surface area contributed by atoms with Gasteiger partial charge in [-0.1, -0.05) is 0 Å². The van der Waals surface area contributed by atoms with Gasteiger partial charge in [0.1, 0.15) is 5.69 Å². The van der Waals surface area contributed by atoms with Crippen LogP contribution in [-0.2, 0) is 4.74 Å². The summed E-state index contributed by atoms with van der Waals surface area (Å²) in [4.78, 5) is 27.7. The monoisotopic (exact) mass is 265 g/mol. The quantitative estimate of drug-likeness (QED) is 0.836. The number of carboxylic acid groups (broad SMARTS) is 1. The number of carboxylic acids is 1. The summed E-state index contributed by atoms with van der Waals surface area (Å²) in [7, 11) is 1.33. The van der Waals surface area contributed by atoms with Crippen LogP contribution in [0.4, 0.5) is 10.5 Å². The SMILES string of the molecule is COC(=O)NC1CCN(c2ccc(C(=O)O)nc2)C1. The van der Waals surface area contributed by atoms with Crippen LogP contribution in [-0.4, -0.2) is 48.4 Å². The molecule has 1 aromatic heterocycles. The highest BCUT2D eigenvalue weighted by Gasteiger charge is 2.24. The van der Waals surface area contributed by atoms with E-state index < -0.39 is 12.1 Å². The molecule has 1 amide bonds. The molecule has 2 heterocycles. The molecular weight excluding hydrogens is 250 g/mol. The maximum atomic E-state index is 11.1. The Morgan fingerprint density at radius 1 is 1.53 bits per heavy atom. The van der Waals surface area contributed by atoms with Gasteiger partial charge in [-0.15, -0.1) is 0 Å². The molecule has 1 aliphatic heterocycles. The molecule has 0 aliphatic carbocycles. The zero-order chi connectivity index (χ0) is 13.8. The fourth-order valence-corrected chi connectivity index (χ4v) is 2.04. The van der Waals surface area contributed by atoms with Gasteiger partial charge in [0.05, 0.1) is 25.0 Å². The summed E-state index contributed by atoms with van der Waals surface area (Å²) >= 11 is 0. The number of ether oxygens (including phenoxy) is 1. The number of nitrogens with zero attached hydrogens (tertiary/aromatic N) is 2. The number of carbonyl (C=O) groups is 2. The summed E-state index contributed by atoms with van der Waals surface area (Å²) in [6, 6.07) is 3.22. The highest BCUT2D eigenvalue weighted by Crippen LogP contribution is 2.19. The molecule has 1 aromatic rings. The van der Waals surface area contributed by atoms with Crippen LogP contribution in [0.1, 0.15) is 16.9 Å². The fourth-order valence-electron chi connectivity index (χ4n) is 2.04. The minimum Gasteiger partial charge on any atom is -0.477 e. The third-order valence-electron chi connectivity index (χ3n) is 3.03. The Labute approximate surface area is 110 Å². The number of aromatic carboxylic acids is 1. The van der Waals surface area contributed by atoms with Crippen molar-refractivity contribution in [2.45, 2.75) is 12.5 Å². The van der Waals surface area contributed by atoms with Gasteiger partial charge in [0, 0.05) is 13.1 Å². The third kappa shape index (κ3) is 3.12. The number of hydrogen-bond acceptors (Lipinski definition) is 5. The Morgan fingerprint density at radius 3 is 2.89 bits per heavy atom. The van der Waals surface area contributed by atoms with Crippen molar-refractivity contribution in [1.82, 2.24) is 10.3 Å². The van der Waals surface area contributed by atoms with E-state index in [-0.39, 0.29) is 11.7 Å². The van der Waals surface area contributed by atoms with Crippen LogP contribution in [0.3, 0.4) is 0 Å². The van der Waals surface area contributed by atoms with Gasteiger partial charge in [0.2, 0.25) is 0 Å². The zero-order valence-corrected chi connectivity index (χ0v) is 10.5. The van der Waals surface area contributed by atoms with Gasteiger partial charge < -0.3 is 20.1 Å². The van der Waals surface area contributed by atoms with Crippen molar-refractivity contribution in [2.75, 3.05) is 25.1 Å². The number of anilines is 1. The van der Waals surface area contributed by atoms with Crippen molar-refractivity contribution in [2.24, 2.45) is 0 Å². The molecule has 1 saturated heterocycles. The Balaban J connectivity index is 1.96. The van der Waals surface area contributed by atoms with E-state index in [0.717, 1.165) is 18.7 Å². The number of carbonyl (C=O) groups excluding carboxylic acids is 1. The molecule has 19 heavy (non-hydrogen) atoms. The average molecular weight is 265 g/mol. The molecule has 7 nitrogen and oxygen atoms in total. The summed E-state index contributed by atoms with van der Waals surface area (Å²) in [5, 5.41) is 11.5. The maximum absolute atomic E-state index is 11.1. The standard InChI is InChI=1S/C12H15N3O4/c1-19-12(18)14-8-4-5-15(7-8)9-2-3-10(11(16)17)13-6-9/h2-3,6,8H,4-5,7H2,1H3,(H,14,18)(H,16,17). The molecule has 2 N–H and O–H groups in total. The number of aromatic nitrogens is 1. The number of amides is 1. The summed E-state index contributed by atoms with van der Waals surface area (Å²) in [6.45, 7) is 1.44. The van der Waals surface area contributed by atoms with E-state index in [0.29, 0.717) is 6.54 Å². The molecule has 7 heteroatoms. The van der Waals surface area contributed by atoms with Crippen LogP contribution >= 0.6 is 0 Å². The minimum atomic E-state index is -1.04. The van der Waals surface area contributed by atoms with Crippen LogP contribution in [0.2, 0.25) is 0 Å². The predicted molar refractivity (Wildman–Crippen MR) is 67.4 cm³/mol. The lowest BCUT2D eigenvalue weighted by Gasteiger charge is -2.18. The van der Waals surface area contributed by atoms with Crippen molar-refractivity contribution in [3.05, 3.63) is 24.0 Å². The largest absolute Gasteiger partial charge is 0.477 e.